The van der Waals surface area contributed by atoms with Crippen LogP contribution in [0.1, 0.15) is 12.0 Å². The van der Waals surface area contributed by atoms with E-state index in [1.165, 1.54) is 0 Å². The molecule has 6 nitrogen and oxygen atoms in total. The Kier molecular flexibility index (Phi) is 2.96. The quantitative estimate of drug-likeness (QED) is 0.808. The lowest BCUT2D eigenvalue weighted by Crippen LogP contribution is -2.46. The number of benzene rings is 1. The molecule has 1 aromatic carbocycles. The number of carboxylic acids is 2. The predicted octanol–water partition coefficient (Wildman–Crippen LogP) is 1.37. The maximum Gasteiger partial charge on any atom is 0.363 e. The minimum absolute atomic E-state index is 0.199. The van der Waals surface area contributed by atoms with Crippen LogP contribution in [0.2, 0.25) is 5.02 Å². The third kappa shape index (κ3) is 1.80. The van der Waals surface area contributed by atoms with Gasteiger partial charge in [-0.15, -0.1) is 0 Å². The summed E-state index contributed by atoms with van der Waals surface area (Å²) >= 11 is 5.93. The van der Waals surface area contributed by atoms with Crippen molar-refractivity contribution in [2.45, 2.75) is 12.0 Å². The molecular formula is C11H8ClNO5. The Balaban J connectivity index is 2.35. The van der Waals surface area contributed by atoms with Gasteiger partial charge in [-0.3, -0.25) is 0 Å². The van der Waals surface area contributed by atoms with Gasteiger partial charge in [0.05, 0.1) is 12.1 Å². The Morgan fingerprint density at radius 2 is 1.89 bits per heavy atom. The summed E-state index contributed by atoms with van der Waals surface area (Å²) in [6.45, 7) is 0. The Morgan fingerprint density at radius 1 is 1.28 bits per heavy atom. The molecular weight excluding hydrogens is 262 g/mol. The topological polar surface area (TPSA) is 96.2 Å². The van der Waals surface area contributed by atoms with Crippen LogP contribution in [0.5, 0.6) is 0 Å². The highest BCUT2D eigenvalue weighted by molar-refractivity contribution is 6.34. The van der Waals surface area contributed by atoms with Crippen molar-refractivity contribution < 1.29 is 24.6 Å². The fraction of sp³-hybridized carbons (Fsp3) is 0.182. The zero-order valence-corrected chi connectivity index (χ0v) is 9.72. The number of halogens is 1. The fourth-order valence-electron chi connectivity index (χ4n) is 1.59. The molecule has 1 aliphatic heterocycles. The van der Waals surface area contributed by atoms with E-state index in [9.17, 15) is 9.59 Å². The normalized spacial score (nSPS) is 16.8. The monoisotopic (exact) mass is 269 g/mol. The van der Waals surface area contributed by atoms with Gasteiger partial charge in [0.1, 0.15) is 0 Å². The summed E-state index contributed by atoms with van der Waals surface area (Å²) in [5, 5.41) is 21.8. The third-order valence-electron chi connectivity index (χ3n) is 2.60. The van der Waals surface area contributed by atoms with E-state index in [1.807, 2.05) is 0 Å². The third-order valence-corrected chi connectivity index (χ3v) is 2.93. The standard InChI is InChI=1S/C11H8ClNO5/c12-7-4-2-1-3-6(7)8-5-11(9(14)15,10(16)17)18-13-8/h1-4H,5H2,(H,14,15)(H,16,17). The molecule has 0 atom stereocenters. The van der Waals surface area contributed by atoms with Crippen LogP contribution in [0.25, 0.3) is 0 Å². The number of carboxylic acid groups (broad SMARTS) is 2. The van der Waals surface area contributed by atoms with Crippen LogP contribution in [0.3, 0.4) is 0 Å². The lowest BCUT2D eigenvalue weighted by Gasteiger charge is -2.15. The first-order chi connectivity index (χ1) is 8.47. The lowest BCUT2D eigenvalue weighted by atomic mass is 9.94. The molecule has 18 heavy (non-hydrogen) atoms. The van der Waals surface area contributed by atoms with Gasteiger partial charge in [0, 0.05) is 10.6 Å². The Hall–Kier alpha value is -2.08. The molecule has 1 aromatic rings. The summed E-state index contributed by atoms with van der Waals surface area (Å²) in [5.74, 6) is -3.19. The van der Waals surface area contributed by atoms with Crippen molar-refractivity contribution >= 4 is 29.3 Å². The van der Waals surface area contributed by atoms with Gasteiger partial charge in [-0.1, -0.05) is 35.0 Å². The van der Waals surface area contributed by atoms with E-state index in [-0.39, 0.29) is 12.1 Å². The highest BCUT2D eigenvalue weighted by Crippen LogP contribution is 2.30. The number of rotatable bonds is 3. The molecule has 0 saturated carbocycles. The second kappa shape index (κ2) is 4.30. The Morgan fingerprint density at radius 3 is 2.39 bits per heavy atom. The number of oxime groups is 1. The second-order valence-electron chi connectivity index (χ2n) is 3.72. The molecule has 2 N–H and O–H groups in total. The van der Waals surface area contributed by atoms with E-state index in [4.69, 9.17) is 21.8 Å². The minimum Gasteiger partial charge on any atom is -0.478 e. The summed E-state index contributed by atoms with van der Waals surface area (Å²) in [5.41, 5.74) is -1.71. The summed E-state index contributed by atoms with van der Waals surface area (Å²) in [6.07, 6.45) is -0.374. The summed E-state index contributed by atoms with van der Waals surface area (Å²) < 4.78 is 0. The number of aliphatic carboxylic acids is 2. The fourth-order valence-corrected chi connectivity index (χ4v) is 1.84. The molecule has 0 aliphatic carbocycles. The van der Waals surface area contributed by atoms with E-state index in [0.29, 0.717) is 10.6 Å². The van der Waals surface area contributed by atoms with Gasteiger partial charge in [0.15, 0.2) is 0 Å². The zero-order valence-electron chi connectivity index (χ0n) is 8.96. The molecule has 0 radical (unpaired) electrons. The van der Waals surface area contributed by atoms with Gasteiger partial charge in [-0.2, -0.15) is 0 Å². The molecule has 7 heteroatoms. The van der Waals surface area contributed by atoms with Crippen molar-refractivity contribution in [2.75, 3.05) is 0 Å². The van der Waals surface area contributed by atoms with E-state index in [0.717, 1.165) is 0 Å². The molecule has 0 fully saturated rings. The average Bonchev–Trinajstić information content (AvgIpc) is 2.75. The molecule has 0 spiro atoms. The summed E-state index contributed by atoms with van der Waals surface area (Å²) in [6, 6.07) is 6.60. The van der Waals surface area contributed by atoms with Crippen LogP contribution in [0.15, 0.2) is 29.4 Å². The number of nitrogens with zero attached hydrogens (tertiary/aromatic N) is 1. The number of carbonyl (C=O) groups is 2. The molecule has 0 amide bonds. The second-order valence-corrected chi connectivity index (χ2v) is 4.13. The van der Waals surface area contributed by atoms with Gasteiger partial charge in [0.2, 0.25) is 0 Å². The molecule has 1 heterocycles. The molecule has 2 rings (SSSR count). The molecule has 94 valence electrons. The minimum atomic E-state index is -2.37. The summed E-state index contributed by atoms with van der Waals surface area (Å²) in [4.78, 5) is 26.6. The first-order valence-corrected chi connectivity index (χ1v) is 5.32. The molecule has 1 aliphatic rings. The Bertz CT molecular complexity index is 540. The number of hydrogen-bond donors (Lipinski definition) is 2. The summed E-state index contributed by atoms with van der Waals surface area (Å²) in [7, 11) is 0. The highest BCUT2D eigenvalue weighted by atomic mass is 35.5. The van der Waals surface area contributed by atoms with E-state index >= 15 is 0 Å². The van der Waals surface area contributed by atoms with Gasteiger partial charge in [-0.25, -0.2) is 9.59 Å². The van der Waals surface area contributed by atoms with Crippen LogP contribution in [-0.4, -0.2) is 33.5 Å². The Labute approximate surface area is 106 Å². The van der Waals surface area contributed by atoms with Crippen LogP contribution < -0.4 is 0 Å². The zero-order chi connectivity index (χ0) is 13.3. The maximum atomic E-state index is 11.0. The van der Waals surface area contributed by atoms with E-state index in [2.05, 4.69) is 9.99 Å². The van der Waals surface area contributed by atoms with Crippen molar-refractivity contribution in [2.24, 2.45) is 5.16 Å². The van der Waals surface area contributed by atoms with E-state index < -0.39 is 17.5 Å². The van der Waals surface area contributed by atoms with Crippen molar-refractivity contribution in [3.63, 3.8) is 0 Å². The van der Waals surface area contributed by atoms with Crippen LogP contribution in [0.4, 0.5) is 0 Å². The first-order valence-electron chi connectivity index (χ1n) is 4.94. The van der Waals surface area contributed by atoms with Crippen molar-refractivity contribution in [3.05, 3.63) is 34.9 Å². The van der Waals surface area contributed by atoms with Crippen LogP contribution in [0, 0.1) is 0 Å². The average molecular weight is 270 g/mol. The van der Waals surface area contributed by atoms with Crippen molar-refractivity contribution in [1.29, 1.82) is 0 Å². The van der Waals surface area contributed by atoms with Crippen LogP contribution in [-0.2, 0) is 14.4 Å². The highest BCUT2D eigenvalue weighted by Gasteiger charge is 2.54. The molecule has 0 unspecified atom stereocenters. The first kappa shape index (κ1) is 12.4. The van der Waals surface area contributed by atoms with Gasteiger partial charge in [-0.05, 0) is 6.07 Å². The molecule has 0 saturated heterocycles. The van der Waals surface area contributed by atoms with Crippen LogP contribution >= 0.6 is 11.6 Å². The molecule has 0 bridgehead atoms. The maximum absolute atomic E-state index is 11.0. The van der Waals surface area contributed by atoms with Gasteiger partial charge < -0.3 is 15.1 Å². The van der Waals surface area contributed by atoms with Gasteiger partial charge >= 0.3 is 17.5 Å². The largest absolute Gasteiger partial charge is 0.478 e. The lowest BCUT2D eigenvalue weighted by molar-refractivity contribution is -0.179. The SMILES string of the molecule is O=C(O)C1(C(=O)O)CC(c2ccccc2Cl)=NO1. The molecule has 0 aromatic heterocycles. The van der Waals surface area contributed by atoms with Gasteiger partial charge in [0.25, 0.3) is 0 Å². The van der Waals surface area contributed by atoms with Crippen molar-refractivity contribution in [1.82, 2.24) is 0 Å². The predicted molar refractivity (Wildman–Crippen MR) is 61.7 cm³/mol. The van der Waals surface area contributed by atoms with Crippen molar-refractivity contribution in [3.8, 4) is 0 Å². The number of hydrogen-bond acceptors (Lipinski definition) is 4. The smallest absolute Gasteiger partial charge is 0.363 e. The van der Waals surface area contributed by atoms with E-state index in [1.54, 1.807) is 24.3 Å².